The number of aliphatic imine (C=N–C) groups is 1. The maximum Gasteiger partial charge on any atom is 0.573 e. The van der Waals surface area contributed by atoms with Gasteiger partial charge in [0, 0.05) is 6.54 Å². The summed E-state index contributed by atoms with van der Waals surface area (Å²) in [4.78, 5) is 4.20. The summed E-state index contributed by atoms with van der Waals surface area (Å²) in [6.45, 7) is 0.626. The van der Waals surface area contributed by atoms with Gasteiger partial charge in [0.15, 0.2) is 11.7 Å². The Balaban J connectivity index is 1.62. The van der Waals surface area contributed by atoms with Crippen molar-refractivity contribution in [3.05, 3.63) is 24.3 Å². The first-order valence-electron chi connectivity index (χ1n) is 6.80. The highest BCUT2D eigenvalue weighted by molar-refractivity contribution is 5.93. The third-order valence-corrected chi connectivity index (χ3v) is 4.11. The van der Waals surface area contributed by atoms with E-state index < -0.39 is 6.36 Å². The molecule has 0 radical (unpaired) electrons. The van der Waals surface area contributed by atoms with Crippen molar-refractivity contribution in [3.8, 4) is 5.75 Å². The first-order chi connectivity index (χ1) is 9.88. The van der Waals surface area contributed by atoms with Crippen LogP contribution in [0.25, 0.3) is 0 Å². The average Bonchev–Trinajstić information content (AvgIpc) is 3.29. The van der Waals surface area contributed by atoms with Gasteiger partial charge in [-0.2, -0.15) is 0 Å². The lowest BCUT2D eigenvalue weighted by Crippen LogP contribution is -2.25. The summed E-state index contributed by atoms with van der Waals surface area (Å²) in [6, 6.07) is 5.74. The molecular weight excluding hydrogens is 283 g/mol. The molecule has 7 heteroatoms. The van der Waals surface area contributed by atoms with E-state index in [2.05, 4.69) is 15.0 Å². The number of rotatable bonds is 4. The summed E-state index contributed by atoms with van der Waals surface area (Å²) in [6.07, 6.45) is -1.01. The van der Waals surface area contributed by atoms with Gasteiger partial charge in [-0.1, -0.05) is 12.1 Å². The van der Waals surface area contributed by atoms with Crippen molar-refractivity contribution in [1.82, 2.24) is 0 Å². The van der Waals surface area contributed by atoms with E-state index in [1.54, 1.807) is 6.07 Å². The molecule has 1 aromatic rings. The zero-order chi connectivity index (χ0) is 15.1. The fourth-order valence-corrected chi connectivity index (χ4v) is 2.63. The average molecular weight is 299 g/mol. The Labute approximate surface area is 120 Å². The molecule has 0 heterocycles. The molecule has 1 aromatic carbocycles. The van der Waals surface area contributed by atoms with Crippen LogP contribution >= 0.6 is 0 Å². The number of benzene rings is 1. The second-order valence-electron chi connectivity index (χ2n) is 5.66. The molecule has 21 heavy (non-hydrogen) atoms. The van der Waals surface area contributed by atoms with Crippen molar-refractivity contribution >= 4 is 11.6 Å². The third-order valence-electron chi connectivity index (χ3n) is 4.11. The topological polar surface area (TPSA) is 59.6 Å². The maximum absolute atomic E-state index is 12.3. The van der Waals surface area contributed by atoms with Crippen LogP contribution in [0.3, 0.4) is 0 Å². The molecule has 2 aliphatic carbocycles. The summed E-state index contributed by atoms with van der Waals surface area (Å²) < 4.78 is 40.8. The number of para-hydroxylation sites is 2. The molecule has 114 valence electrons. The van der Waals surface area contributed by atoms with E-state index in [1.165, 1.54) is 37.5 Å². The number of guanidine groups is 1. The number of hydrogen-bond donors (Lipinski definition) is 2. The largest absolute Gasteiger partial charge is 0.573 e. The van der Waals surface area contributed by atoms with Gasteiger partial charge >= 0.3 is 6.36 Å². The van der Waals surface area contributed by atoms with E-state index in [0.29, 0.717) is 17.9 Å². The molecule has 0 aromatic heterocycles. The number of nitrogens with one attached hydrogen (secondary N) is 1. The fraction of sp³-hybridized carbons (Fsp3) is 0.500. The highest BCUT2D eigenvalue weighted by atomic mass is 19.4. The molecule has 1 spiro atoms. The zero-order valence-corrected chi connectivity index (χ0v) is 11.3. The Morgan fingerprint density at radius 3 is 2.71 bits per heavy atom. The van der Waals surface area contributed by atoms with Gasteiger partial charge in [0.2, 0.25) is 0 Å². The van der Waals surface area contributed by atoms with Crippen molar-refractivity contribution in [2.75, 3.05) is 11.9 Å². The SMILES string of the molecule is NC(=NCC1CC12CC2)Nc1ccccc1OC(F)(F)F. The lowest BCUT2D eigenvalue weighted by atomic mass is 10.3. The van der Waals surface area contributed by atoms with Gasteiger partial charge in [-0.3, -0.25) is 4.99 Å². The Morgan fingerprint density at radius 1 is 1.38 bits per heavy atom. The van der Waals surface area contributed by atoms with E-state index in [0.717, 1.165) is 0 Å². The van der Waals surface area contributed by atoms with Crippen LogP contribution in [0.5, 0.6) is 5.75 Å². The minimum Gasteiger partial charge on any atom is -0.404 e. The summed E-state index contributed by atoms with van der Waals surface area (Å²) >= 11 is 0. The molecule has 0 saturated heterocycles. The standard InChI is InChI=1S/C14H16F3N3O/c15-14(16,17)21-11-4-2-1-3-10(11)20-12(18)19-8-9-7-13(9)5-6-13/h1-4,9H,5-8H2,(H3,18,19,20). The minimum absolute atomic E-state index is 0.107. The smallest absolute Gasteiger partial charge is 0.404 e. The van der Waals surface area contributed by atoms with Gasteiger partial charge in [0.05, 0.1) is 5.69 Å². The van der Waals surface area contributed by atoms with Crippen LogP contribution in [0.15, 0.2) is 29.3 Å². The Kier molecular flexibility index (Phi) is 3.22. The van der Waals surface area contributed by atoms with E-state index in [-0.39, 0.29) is 17.4 Å². The molecule has 4 nitrogen and oxygen atoms in total. The van der Waals surface area contributed by atoms with Gasteiger partial charge in [0.1, 0.15) is 0 Å². The number of halogens is 3. The molecule has 1 atom stereocenters. The van der Waals surface area contributed by atoms with Gasteiger partial charge in [-0.15, -0.1) is 13.2 Å². The second kappa shape index (κ2) is 4.82. The summed E-state index contributed by atoms with van der Waals surface area (Å²) in [5.41, 5.74) is 6.40. The molecule has 3 rings (SSSR count). The molecule has 0 bridgehead atoms. The fourth-order valence-electron chi connectivity index (χ4n) is 2.63. The van der Waals surface area contributed by atoms with Crippen LogP contribution < -0.4 is 15.8 Å². The summed E-state index contributed by atoms with van der Waals surface area (Å²) in [5, 5.41) is 2.67. The number of nitrogens with two attached hydrogens (primary N) is 1. The molecule has 0 amide bonds. The second-order valence-corrected chi connectivity index (χ2v) is 5.66. The monoisotopic (exact) mass is 299 g/mol. The van der Waals surface area contributed by atoms with E-state index in [9.17, 15) is 13.2 Å². The van der Waals surface area contributed by atoms with Crippen LogP contribution in [-0.4, -0.2) is 18.9 Å². The molecule has 3 N–H and O–H groups in total. The van der Waals surface area contributed by atoms with E-state index >= 15 is 0 Å². The first-order valence-corrected chi connectivity index (χ1v) is 6.80. The van der Waals surface area contributed by atoms with Crippen LogP contribution in [-0.2, 0) is 0 Å². The van der Waals surface area contributed by atoms with Crippen molar-refractivity contribution < 1.29 is 17.9 Å². The van der Waals surface area contributed by atoms with Gasteiger partial charge in [-0.25, -0.2) is 0 Å². The molecule has 2 fully saturated rings. The third kappa shape index (κ3) is 3.40. The number of anilines is 1. The molecule has 1 unspecified atom stereocenters. The van der Waals surface area contributed by atoms with Crippen LogP contribution in [0, 0.1) is 11.3 Å². The number of ether oxygens (including phenoxy) is 1. The first kappa shape index (κ1) is 14.0. The van der Waals surface area contributed by atoms with Crippen LogP contribution in [0.4, 0.5) is 18.9 Å². The zero-order valence-electron chi connectivity index (χ0n) is 11.3. The van der Waals surface area contributed by atoms with Crippen LogP contribution in [0.2, 0.25) is 0 Å². The summed E-state index contributed by atoms with van der Waals surface area (Å²) in [5.74, 6) is 0.365. The van der Waals surface area contributed by atoms with Crippen molar-refractivity contribution in [3.63, 3.8) is 0 Å². The lowest BCUT2D eigenvalue weighted by Gasteiger charge is -2.14. The van der Waals surface area contributed by atoms with Gasteiger partial charge < -0.3 is 15.8 Å². The normalized spacial score (nSPS) is 23.0. The van der Waals surface area contributed by atoms with Crippen molar-refractivity contribution in [2.24, 2.45) is 22.1 Å². The molecule has 2 saturated carbocycles. The molecule has 2 aliphatic rings. The minimum atomic E-state index is -4.74. The van der Waals surface area contributed by atoms with Gasteiger partial charge in [0.25, 0.3) is 0 Å². The van der Waals surface area contributed by atoms with Crippen molar-refractivity contribution in [1.29, 1.82) is 0 Å². The highest BCUT2D eigenvalue weighted by Gasteiger charge is 2.62. The predicted octanol–water partition coefficient (Wildman–Crippen LogP) is 3.11. The number of hydrogen-bond acceptors (Lipinski definition) is 2. The number of nitrogens with zero attached hydrogens (tertiary/aromatic N) is 1. The Bertz CT molecular complexity index is 567. The van der Waals surface area contributed by atoms with Gasteiger partial charge in [-0.05, 0) is 42.7 Å². The quantitative estimate of drug-likeness (QED) is 0.663. The highest BCUT2D eigenvalue weighted by Crippen LogP contribution is 2.70. The number of alkyl halides is 3. The molecular formula is C14H16F3N3O. The maximum atomic E-state index is 12.3. The molecule has 0 aliphatic heterocycles. The lowest BCUT2D eigenvalue weighted by molar-refractivity contribution is -0.274. The Hall–Kier alpha value is -1.92. The predicted molar refractivity (Wildman–Crippen MR) is 73.0 cm³/mol. The van der Waals surface area contributed by atoms with Crippen LogP contribution in [0.1, 0.15) is 19.3 Å². The van der Waals surface area contributed by atoms with Crippen molar-refractivity contribution in [2.45, 2.75) is 25.6 Å². The Morgan fingerprint density at radius 2 is 2.10 bits per heavy atom. The van der Waals surface area contributed by atoms with E-state index in [1.807, 2.05) is 0 Å². The summed E-state index contributed by atoms with van der Waals surface area (Å²) in [7, 11) is 0. The van der Waals surface area contributed by atoms with E-state index in [4.69, 9.17) is 5.73 Å².